The average Bonchev–Trinajstić information content (AvgIpc) is 2.61. The highest BCUT2D eigenvalue weighted by Crippen LogP contribution is 2.57. The fraction of sp³-hybridized carbons (Fsp3) is 0.368. The van der Waals surface area contributed by atoms with Crippen molar-refractivity contribution < 1.29 is 14.2 Å². The topological polar surface area (TPSA) is 53.0 Å². The van der Waals surface area contributed by atoms with Gasteiger partial charge < -0.3 is 19.4 Å². The van der Waals surface area contributed by atoms with Gasteiger partial charge in [0.25, 0.3) is 7.37 Å². The fourth-order valence-electron chi connectivity index (χ4n) is 2.58. The first-order valence-electron chi connectivity index (χ1n) is 8.27. The van der Waals surface area contributed by atoms with E-state index in [0.29, 0.717) is 10.9 Å². The largest absolute Gasteiger partial charge is 0.378 e. The molecule has 0 heterocycles. The van der Waals surface area contributed by atoms with Gasteiger partial charge in [-0.2, -0.15) is 0 Å². The Labute approximate surface area is 150 Å². The summed E-state index contributed by atoms with van der Waals surface area (Å²) in [4.78, 5) is 3.93. The average molecular weight is 362 g/mol. The molecule has 0 radical (unpaired) electrons. The molecule has 0 unspecified atom stereocenters. The SMILES string of the molecule is CCO[P@](=O)(c1ccc(N(C)C)cc1)[C@@H](O)c1ccc(N(C)C)cc1. The summed E-state index contributed by atoms with van der Waals surface area (Å²) in [5.74, 6) is -1.20. The van der Waals surface area contributed by atoms with Crippen LogP contribution >= 0.6 is 7.37 Å². The number of hydrogen-bond acceptors (Lipinski definition) is 5. The third kappa shape index (κ3) is 4.24. The summed E-state index contributed by atoms with van der Waals surface area (Å²) in [5, 5.41) is 11.3. The number of aliphatic hydroxyl groups excluding tert-OH is 1. The molecule has 0 fully saturated rings. The molecule has 0 aromatic heterocycles. The van der Waals surface area contributed by atoms with E-state index in [2.05, 4.69) is 0 Å². The predicted molar refractivity (Wildman–Crippen MR) is 105 cm³/mol. The first-order chi connectivity index (χ1) is 11.8. The number of rotatable bonds is 7. The Balaban J connectivity index is 2.38. The predicted octanol–water partition coefficient (Wildman–Crippen LogP) is 3.45. The zero-order valence-electron chi connectivity index (χ0n) is 15.5. The summed E-state index contributed by atoms with van der Waals surface area (Å²) in [6, 6.07) is 14.7. The fourth-order valence-corrected chi connectivity index (χ4v) is 4.66. The van der Waals surface area contributed by atoms with Crippen LogP contribution in [0.5, 0.6) is 0 Å². The number of aliphatic hydroxyl groups is 1. The zero-order valence-corrected chi connectivity index (χ0v) is 16.4. The molecule has 25 heavy (non-hydrogen) atoms. The molecule has 1 N–H and O–H groups in total. The van der Waals surface area contributed by atoms with E-state index in [4.69, 9.17) is 4.52 Å². The van der Waals surface area contributed by atoms with Crippen LogP contribution < -0.4 is 15.1 Å². The molecule has 0 amide bonds. The molecule has 5 nitrogen and oxygen atoms in total. The van der Waals surface area contributed by atoms with E-state index >= 15 is 0 Å². The van der Waals surface area contributed by atoms with Gasteiger partial charge in [-0.15, -0.1) is 0 Å². The van der Waals surface area contributed by atoms with Crippen molar-refractivity contribution >= 4 is 24.0 Å². The summed E-state index contributed by atoms with van der Waals surface area (Å²) in [6.07, 6.45) is 0. The second-order valence-electron chi connectivity index (χ2n) is 6.29. The molecule has 0 bridgehead atoms. The molecule has 0 saturated carbocycles. The highest BCUT2D eigenvalue weighted by molar-refractivity contribution is 7.67. The molecule has 0 aliphatic rings. The molecular formula is C19H27N2O3P. The molecule has 0 aliphatic heterocycles. The van der Waals surface area contributed by atoms with Crippen LogP contribution in [0.25, 0.3) is 0 Å². The lowest BCUT2D eigenvalue weighted by Crippen LogP contribution is -2.16. The quantitative estimate of drug-likeness (QED) is 0.765. The maximum atomic E-state index is 13.5. The van der Waals surface area contributed by atoms with Crippen LogP contribution in [0.2, 0.25) is 0 Å². The Morgan fingerprint density at radius 3 is 1.76 bits per heavy atom. The van der Waals surface area contributed by atoms with E-state index in [0.717, 1.165) is 11.4 Å². The third-order valence-corrected chi connectivity index (χ3v) is 6.68. The van der Waals surface area contributed by atoms with Crippen LogP contribution in [0.4, 0.5) is 11.4 Å². The number of nitrogens with zero attached hydrogens (tertiary/aromatic N) is 2. The molecule has 0 saturated heterocycles. The third-order valence-electron chi connectivity index (χ3n) is 4.08. The van der Waals surface area contributed by atoms with Crippen molar-refractivity contribution in [1.82, 2.24) is 0 Å². The van der Waals surface area contributed by atoms with Gasteiger partial charge in [0.15, 0.2) is 5.85 Å². The van der Waals surface area contributed by atoms with E-state index < -0.39 is 13.2 Å². The summed E-state index contributed by atoms with van der Waals surface area (Å²) in [6.45, 7) is 2.04. The normalized spacial score (nSPS) is 14.6. The summed E-state index contributed by atoms with van der Waals surface area (Å²) in [5.41, 5.74) is 2.59. The highest BCUT2D eigenvalue weighted by atomic mass is 31.2. The molecule has 2 atom stereocenters. The minimum absolute atomic E-state index is 0.263. The van der Waals surface area contributed by atoms with Crippen LogP contribution in [-0.4, -0.2) is 39.9 Å². The molecule has 136 valence electrons. The van der Waals surface area contributed by atoms with Crippen molar-refractivity contribution in [1.29, 1.82) is 0 Å². The lowest BCUT2D eigenvalue weighted by atomic mass is 10.2. The summed E-state index contributed by atoms with van der Waals surface area (Å²) >= 11 is 0. The van der Waals surface area contributed by atoms with Gasteiger partial charge in [-0.05, 0) is 48.9 Å². The smallest absolute Gasteiger partial charge is 0.264 e. The van der Waals surface area contributed by atoms with Crippen LogP contribution in [0.1, 0.15) is 18.3 Å². The second kappa shape index (κ2) is 8.05. The number of hydrogen-bond donors (Lipinski definition) is 1. The van der Waals surface area contributed by atoms with Gasteiger partial charge in [-0.1, -0.05) is 12.1 Å². The van der Waals surface area contributed by atoms with Gasteiger partial charge in [0, 0.05) is 44.9 Å². The monoisotopic (exact) mass is 362 g/mol. The van der Waals surface area contributed by atoms with E-state index in [1.165, 1.54) is 0 Å². The zero-order chi connectivity index (χ0) is 18.6. The first kappa shape index (κ1) is 19.5. The molecular weight excluding hydrogens is 335 g/mol. The van der Waals surface area contributed by atoms with Crippen molar-refractivity contribution in [2.24, 2.45) is 0 Å². The Kier molecular flexibility index (Phi) is 6.28. The van der Waals surface area contributed by atoms with E-state index in [-0.39, 0.29) is 6.61 Å². The minimum Gasteiger partial charge on any atom is -0.378 e. The van der Waals surface area contributed by atoms with E-state index in [1.54, 1.807) is 31.2 Å². The number of benzene rings is 2. The second-order valence-corrected chi connectivity index (χ2v) is 8.74. The van der Waals surface area contributed by atoms with Gasteiger partial charge in [0.05, 0.1) is 6.61 Å². The molecule has 6 heteroatoms. The van der Waals surface area contributed by atoms with E-state index in [1.807, 2.05) is 62.3 Å². The molecule has 2 aromatic carbocycles. The Bertz CT molecular complexity index is 727. The van der Waals surface area contributed by atoms with Crippen LogP contribution in [0.15, 0.2) is 48.5 Å². The van der Waals surface area contributed by atoms with Crippen LogP contribution in [-0.2, 0) is 9.09 Å². The molecule has 2 aromatic rings. The Hall–Kier alpha value is -1.81. The lowest BCUT2D eigenvalue weighted by Gasteiger charge is -2.25. The number of anilines is 2. The van der Waals surface area contributed by atoms with Crippen LogP contribution in [0.3, 0.4) is 0 Å². The minimum atomic E-state index is -3.45. The van der Waals surface area contributed by atoms with Crippen molar-refractivity contribution in [3.8, 4) is 0 Å². The lowest BCUT2D eigenvalue weighted by molar-refractivity contribution is 0.218. The van der Waals surface area contributed by atoms with Gasteiger partial charge in [0.2, 0.25) is 0 Å². The summed E-state index contributed by atoms with van der Waals surface area (Å²) in [7, 11) is 4.33. The maximum Gasteiger partial charge on any atom is 0.264 e. The molecule has 2 rings (SSSR count). The van der Waals surface area contributed by atoms with E-state index in [9.17, 15) is 9.67 Å². The first-order valence-corrected chi connectivity index (χ1v) is 9.96. The van der Waals surface area contributed by atoms with Gasteiger partial charge in [0.1, 0.15) is 0 Å². The highest BCUT2D eigenvalue weighted by Gasteiger charge is 2.36. The van der Waals surface area contributed by atoms with Crippen molar-refractivity contribution in [2.45, 2.75) is 12.8 Å². The Morgan fingerprint density at radius 1 is 0.920 bits per heavy atom. The van der Waals surface area contributed by atoms with Crippen molar-refractivity contribution in [3.05, 3.63) is 54.1 Å². The van der Waals surface area contributed by atoms with Gasteiger partial charge in [-0.3, -0.25) is 4.57 Å². The van der Waals surface area contributed by atoms with Gasteiger partial charge in [-0.25, -0.2) is 0 Å². The van der Waals surface area contributed by atoms with Crippen molar-refractivity contribution in [3.63, 3.8) is 0 Å². The van der Waals surface area contributed by atoms with Gasteiger partial charge >= 0.3 is 0 Å². The maximum absolute atomic E-state index is 13.5. The Morgan fingerprint density at radius 2 is 1.36 bits per heavy atom. The standard InChI is InChI=1S/C19H27N2O3P/c1-6-24-25(23,18-13-11-17(12-14-18)21(4)5)19(22)15-7-9-16(10-8-15)20(2)3/h7-14,19,22H,6H2,1-5H3/t19-,25-/m1/s1. The summed E-state index contributed by atoms with van der Waals surface area (Å²) < 4.78 is 19.1. The van der Waals surface area contributed by atoms with Crippen molar-refractivity contribution in [2.75, 3.05) is 44.6 Å². The van der Waals surface area contributed by atoms with Crippen LogP contribution in [0, 0.1) is 0 Å². The molecule has 0 spiro atoms. The molecule has 0 aliphatic carbocycles.